The quantitative estimate of drug-likeness (QED) is 0.312. The highest BCUT2D eigenvalue weighted by Gasteiger charge is 2.26. The van der Waals surface area contributed by atoms with Gasteiger partial charge in [0.05, 0.1) is 12.3 Å². The second-order valence-corrected chi connectivity index (χ2v) is 8.42. The van der Waals surface area contributed by atoms with Crippen molar-refractivity contribution in [2.75, 3.05) is 10.6 Å². The van der Waals surface area contributed by atoms with Crippen LogP contribution in [0.5, 0.6) is 5.75 Å². The van der Waals surface area contributed by atoms with Gasteiger partial charge in [0.15, 0.2) is 5.76 Å². The number of halogens is 2. The third-order valence-electron chi connectivity index (χ3n) is 5.09. The lowest BCUT2D eigenvalue weighted by Crippen LogP contribution is -2.17. The fraction of sp³-hybridized carbons (Fsp3) is 0.167. The van der Waals surface area contributed by atoms with Crippen molar-refractivity contribution >= 4 is 28.1 Å². The molecule has 9 heteroatoms. The number of alkyl halides is 2. The molecule has 0 aliphatic carbocycles. The molecule has 6 nitrogen and oxygen atoms in total. The van der Waals surface area contributed by atoms with Gasteiger partial charge in [0.2, 0.25) is 0 Å². The number of carbonyl (C=O) groups excluding carboxylic acids is 1. The van der Waals surface area contributed by atoms with Crippen molar-refractivity contribution in [3.8, 4) is 5.75 Å². The molecule has 3 heterocycles. The van der Waals surface area contributed by atoms with Crippen LogP contribution in [-0.2, 0) is 0 Å². The predicted molar refractivity (Wildman–Crippen MR) is 123 cm³/mol. The van der Waals surface area contributed by atoms with E-state index in [9.17, 15) is 13.6 Å². The summed E-state index contributed by atoms with van der Waals surface area (Å²) in [5, 5.41) is 7.02. The zero-order valence-corrected chi connectivity index (χ0v) is 18.7. The van der Waals surface area contributed by atoms with Crippen LogP contribution >= 0.6 is 11.3 Å². The van der Waals surface area contributed by atoms with Crippen molar-refractivity contribution in [1.82, 2.24) is 4.98 Å². The number of furan rings is 1. The van der Waals surface area contributed by atoms with Crippen LogP contribution < -0.4 is 15.4 Å². The summed E-state index contributed by atoms with van der Waals surface area (Å²) in [5.41, 5.74) is 2.64. The fourth-order valence-electron chi connectivity index (χ4n) is 3.42. The Labute approximate surface area is 193 Å². The van der Waals surface area contributed by atoms with Crippen LogP contribution in [0.1, 0.15) is 38.2 Å². The molecular weight excluding hydrogens is 448 g/mol. The SMILES string of the molecule is Cc1sc(NC(=O)c2ccco2)c(C(Nc2ccccn2)c2ccc(OC(F)F)cc2)c1C. The van der Waals surface area contributed by atoms with Gasteiger partial charge in [-0.1, -0.05) is 18.2 Å². The number of pyridine rings is 1. The number of aromatic nitrogens is 1. The molecule has 0 saturated heterocycles. The van der Waals surface area contributed by atoms with Gasteiger partial charge < -0.3 is 19.8 Å². The van der Waals surface area contributed by atoms with E-state index >= 15 is 0 Å². The molecule has 33 heavy (non-hydrogen) atoms. The first-order valence-electron chi connectivity index (χ1n) is 10.1. The van der Waals surface area contributed by atoms with Gasteiger partial charge in [0.1, 0.15) is 16.6 Å². The van der Waals surface area contributed by atoms with E-state index < -0.39 is 12.7 Å². The molecule has 170 valence electrons. The van der Waals surface area contributed by atoms with Gasteiger partial charge in [-0.05, 0) is 61.4 Å². The monoisotopic (exact) mass is 469 g/mol. The van der Waals surface area contributed by atoms with Crippen LogP contribution in [0.25, 0.3) is 0 Å². The van der Waals surface area contributed by atoms with E-state index in [4.69, 9.17) is 4.42 Å². The van der Waals surface area contributed by atoms with Crippen molar-refractivity contribution < 1.29 is 22.7 Å². The number of amides is 1. The summed E-state index contributed by atoms with van der Waals surface area (Å²) in [6, 6.07) is 14.7. The number of thiophene rings is 1. The largest absolute Gasteiger partial charge is 0.459 e. The summed E-state index contributed by atoms with van der Waals surface area (Å²) in [7, 11) is 0. The molecule has 0 spiro atoms. The molecule has 4 rings (SSSR count). The maximum absolute atomic E-state index is 12.7. The maximum atomic E-state index is 12.7. The fourth-order valence-corrected chi connectivity index (χ4v) is 4.51. The maximum Gasteiger partial charge on any atom is 0.387 e. The lowest BCUT2D eigenvalue weighted by Gasteiger charge is -2.22. The third kappa shape index (κ3) is 5.20. The van der Waals surface area contributed by atoms with Crippen LogP contribution in [0.15, 0.2) is 71.5 Å². The molecule has 0 aliphatic rings. The first kappa shape index (κ1) is 22.5. The van der Waals surface area contributed by atoms with Crippen molar-refractivity contribution in [3.05, 3.63) is 94.4 Å². The highest BCUT2D eigenvalue weighted by molar-refractivity contribution is 7.16. The van der Waals surface area contributed by atoms with E-state index in [1.54, 1.807) is 30.5 Å². The highest BCUT2D eigenvalue weighted by atomic mass is 32.1. The minimum Gasteiger partial charge on any atom is -0.459 e. The number of aryl methyl sites for hydroxylation is 1. The number of hydrogen-bond acceptors (Lipinski definition) is 6. The number of benzene rings is 1. The minimum absolute atomic E-state index is 0.0647. The van der Waals surface area contributed by atoms with Crippen molar-refractivity contribution in [1.29, 1.82) is 0 Å². The Morgan fingerprint density at radius 2 is 1.88 bits per heavy atom. The number of hydrogen-bond donors (Lipinski definition) is 2. The Hall–Kier alpha value is -3.72. The molecule has 0 bridgehead atoms. The number of nitrogens with zero attached hydrogens (tertiary/aromatic N) is 1. The molecule has 0 fully saturated rings. The van der Waals surface area contributed by atoms with E-state index in [-0.39, 0.29) is 17.4 Å². The van der Waals surface area contributed by atoms with E-state index in [0.717, 1.165) is 21.6 Å². The topological polar surface area (TPSA) is 76.4 Å². The molecule has 1 unspecified atom stereocenters. The zero-order chi connectivity index (χ0) is 23.4. The summed E-state index contributed by atoms with van der Waals surface area (Å²) in [6.07, 6.45) is 3.11. The molecule has 0 saturated carbocycles. The highest BCUT2D eigenvalue weighted by Crippen LogP contribution is 2.41. The Kier molecular flexibility index (Phi) is 6.69. The van der Waals surface area contributed by atoms with Crippen LogP contribution in [0.4, 0.5) is 19.6 Å². The standard InChI is InChI=1S/C24H21F2N3O3S/c1-14-15(2)33-23(29-22(30)18-6-5-13-31-18)20(14)21(28-19-7-3-4-12-27-19)16-8-10-17(11-9-16)32-24(25)26/h3-13,21,24H,1-2H3,(H,27,28)(H,29,30). The van der Waals surface area contributed by atoms with Gasteiger partial charge in [-0.2, -0.15) is 8.78 Å². The molecule has 3 aromatic heterocycles. The Bertz CT molecular complexity index is 1210. The van der Waals surface area contributed by atoms with E-state index in [0.29, 0.717) is 10.8 Å². The molecule has 1 atom stereocenters. The summed E-state index contributed by atoms with van der Waals surface area (Å²) in [4.78, 5) is 18.1. The number of rotatable bonds is 8. The van der Waals surface area contributed by atoms with E-state index in [1.807, 2.05) is 32.0 Å². The summed E-state index contributed by atoms with van der Waals surface area (Å²) >= 11 is 1.45. The summed E-state index contributed by atoms with van der Waals surface area (Å²) in [5.74, 6) is 0.532. The van der Waals surface area contributed by atoms with Gasteiger partial charge in [-0.25, -0.2) is 4.98 Å². The number of nitrogens with one attached hydrogen (secondary N) is 2. The molecule has 1 aromatic carbocycles. The average Bonchev–Trinajstić information content (AvgIpc) is 3.42. The molecule has 4 aromatic rings. The predicted octanol–water partition coefficient (Wildman–Crippen LogP) is 6.41. The van der Waals surface area contributed by atoms with Crippen LogP contribution in [0.3, 0.4) is 0 Å². The molecule has 0 aliphatic heterocycles. The van der Waals surface area contributed by atoms with E-state index in [2.05, 4.69) is 20.4 Å². The van der Waals surface area contributed by atoms with Gasteiger partial charge in [0, 0.05) is 16.6 Å². The van der Waals surface area contributed by atoms with Gasteiger partial charge in [0.25, 0.3) is 5.91 Å². The Morgan fingerprint density at radius 1 is 1.09 bits per heavy atom. The third-order valence-corrected chi connectivity index (χ3v) is 6.23. The second-order valence-electron chi connectivity index (χ2n) is 7.20. The van der Waals surface area contributed by atoms with Crippen molar-refractivity contribution in [3.63, 3.8) is 0 Å². The van der Waals surface area contributed by atoms with Gasteiger partial charge in [-0.3, -0.25) is 4.79 Å². The van der Waals surface area contributed by atoms with Crippen LogP contribution in [0.2, 0.25) is 0 Å². The Morgan fingerprint density at radius 3 is 2.52 bits per heavy atom. The number of carbonyl (C=O) groups is 1. The van der Waals surface area contributed by atoms with Crippen LogP contribution in [0, 0.1) is 13.8 Å². The van der Waals surface area contributed by atoms with Crippen molar-refractivity contribution in [2.45, 2.75) is 26.5 Å². The van der Waals surface area contributed by atoms with Gasteiger partial charge >= 0.3 is 6.61 Å². The molecule has 1 amide bonds. The molecule has 0 radical (unpaired) electrons. The number of ether oxygens (including phenoxy) is 1. The summed E-state index contributed by atoms with van der Waals surface area (Å²) in [6.45, 7) is 1.05. The lowest BCUT2D eigenvalue weighted by atomic mass is 9.96. The average molecular weight is 470 g/mol. The van der Waals surface area contributed by atoms with Crippen molar-refractivity contribution in [2.24, 2.45) is 0 Å². The lowest BCUT2D eigenvalue weighted by molar-refractivity contribution is -0.0498. The molecule has 2 N–H and O–H groups in total. The summed E-state index contributed by atoms with van der Waals surface area (Å²) < 4.78 is 34.9. The Balaban J connectivity index is 1.74. The second kappa shape index (κ2) is 9.83. The first-order valence-corrected chi connectivity index (χ1v) is 10.9. The van der Waals surface area contributed by atoms with E-state index in [1.165, 1.54) is 29.7 Å². The molecular formula is C24H21F2N3O3S. The minimum atomic E-state index is -2.90. The number of anilines is 2. The first-order chi connectivity index (χ1) is 15.9. The smallest absolute Gasteiger partial charge is 0.387 e. The normalized spacial score (nSPS) is 11.9. The van der Waals surface area contributed by atoms with Crippen LogP contribution in [-0.4, -0.2) is 17.5 Å². The van der Waals surface area contributed by atoms with Gasteiger partial charge in [-0.15, -0.1) is 11.3 Å². The zero-order valence-electron chi connectivity index (χ0n) is 17.8.